The van der Waals surface area contributed by atoms with Gasteiger partial charge in [-0.2, -0.15) is 4.53 Å². The van der Waals surface area contributed by atoms with Crippen LogP contribution in [0.4, 0.5) is 39.8 Å². The number of hydrogen-bond donors (Lipinski definition) is 5. The lowest BCUT2D eigenvalue weighted by Gasteiger charge is -2.29. The Morgan fingerprint density at radius 3 is 1.83 bits per heavy atom. The van der Waals surface area contributed by atoms with Crippen LogP contribution in [0.25, 0.3) is 0 Å². The van der Waals surface area contributed by atoms with Gasteiger partial charge in [0.25, 0.3) is 0 Å². The first kappa shape index (κ1) is 37.2. The lowest BCUT2D eigenvalue weighted by Crippen LogP contribution is -2.23. The molecule has 0 aliphatic rings. The van der Waals surface area contributed by atoms with Gasteiger partial charge in [0, 0.05) is 36.1 Å². The molecule has 0 aliphatic heterocycles. The number of hydrazine groups is 1. The predicted octanol–water partition coefficient (Wildman–Crippen LogP) is 12.3. The molecular weight excluding hydrogens is 588 g/mol. The van der Waals surface area contributed by atoms with E-state index in [0.717, 1.165) is 65.6 Å². The maximum absolute atomic E-state index is 7.06. The van der Waals surface area contributed by atoms with Gasteiger partial charge >= 0.3 is 0 Å². The Balaban J connectivity index is 1.88. The Labute approximate surface area is 285 Å². The molecule has 46 heavy (non-hydrogen) atoms. The van der Waals surface area contributed by atoms with Crippen molar-refractivity contribution in [2.45, 2.75) is 118 Å². The van der Waals surface area contributed by atoms with Crippen molar-refractivity contribution in [3.05, 3.63) is 66.2 Å². The summed E-state index contributed by atoms with van der Waals surface area (Å²) >= 11 is 7.00. The van der Waals surface area contributed by atoms with E-state index in [-0.39, 0.29) is 0 Å². The molecule has 0 aliphatic carbocycles. The minimum absolute atomic E-state index is 0.569. The van der Waals surface area contributed by atoms with Gasteiger partial charge in [-0.15, -0.1) is 0 Å². The number of hydrogen-bond acceptors (Lipinski definition) is 6. The topological polar surface area (TPSA) is 77.4 Å². The molecule has 1 atom stereocenters. The third kappa shape index (κ3) is 12.2. The molecule has 7 heteroatoms. The number of nitrogen functional groups attached to an aromatic ring is 1. The quantitative estimate of drug-likeness (QED) is 0.0288. The Morgan fingerprint density at radius 1 is 0.674 bits per heavy atom. The van der Waals surface area contributed by atoms with Gasteiger partial charge in [-0.3, -0.25) is 5.43 Å². The largest absolute Gasteiger partial charge is 0.395 e. The lowest BCUT2D eigenvalue weighted by molar-refractivity contribution is 0.473. The highest BCUT2D eigenvalue weighted by atomic mass is 35.5. The third-order valence-corrected chi connectivity index (χ3v) is 9.19. The van der Waals surface area contributed by atoms with Crippen molar-refractivity contribution in [1.82, 2.24) is 0 Å². The Hall–Kier alpha value is -3.25. The van der Waals surface area contributed by atoms with Gasteiger partial charge < -0.3 is 21.7 Å². The van der Waals surface area contributed by atoms with Crippen LogP contribution in [0, 0.1) is 12.8 Å². The van der Waals surface area contributed by atoms with E-state index in [1.165, 1.54) is 81.6 Å². The molecule has 0 spiro atoms. The van der Waals surface area contributed by atoms with E-state index < -0.39 is 0 Å². The normalized spacial score (nSPS) is 11.7. The van der Waals surface area contributed by atoms with Gasteiger partial charge in [0.15, 0.2) is 0 Å². The number of benzene rings is 3. The van der Waals surface area contributed by atoms with Gasteiger partial charge in [0.1, 0.15) is 5.69 Å². The lowest BCUT2D eigenvalue weighted by atomic mass is 9.98. The first-order valence-corrected chi connectivity index (χ1v) is 18.4. The van der Waals surface area contributed by atoms with Crippen molar-refractivity contribution in [2.75, 3.05) is 44.7 Å². The number of nitrogens with zero attached hydrogens (tertiary/aromatic N) is 1. The van der Waals surface area contributed by atoms with Crippen LogP contribution in [0.15, 0.2) is 60.7 Å². The second-order valence-electron chi connectivity index (χ2n) is 12.7. The van der Waals surface area contributed by atoms with Crippen molar-refractivity contribution in [2.24, 2.45) is 5.92 Å². The molecule has 0 saturated heterocycles. The fourth-order valence-corrected chi connectivity index (χ4v) is 6.33. The highest BCUT2D eigenvalue weighted by Gasteiger charge is 2.25. The summed E-state index contributed by atoms with van der Waals surface area (Å²) in [6.07, 6.45) is 17.9. The molecule has 3 aromatic carbocycles. The molecule has 0 amide bonds. The van der Waals surface area contributed by atoms with E-state index in [4.69, 9.17) is 17.5 Å². The fourth-order valence-electron chi connectivity index (χ4n) is 6.02. The minimum Gasteiger partial charge on any atom is -0.395 e. The van der Waals surface area contributed by atoms with Gasteiger partial charge in [0.05, 0.1) is 28.4 Å². The maximum atomic E-state index is 7.06. The van der Waals surface area contributed by atoms with Gasteiger partial charge in [0.2, 0.25) is 0 Å². The highest BCUT2D eigenvalue weighted by Crippen LogP contribution is 2.48. The first-order chi connectivity index (χ1) is 22.5. The van der Waals surface area contributed by atoms with Crippen molar-refractivity contribution in [3.8, 4) is 0 Å². The molecule has 6 nitrogen and oxygen atoms in total. The number of halogens is 1. The Kier molecular flexibility index (Phi) is 17.4. The van der Waals surface area contributed by atoms with Crippen LogP contribution < -0.4 is 31.6 Å². The first-order valence-electron chi connectivity index (χ1n) is 18.0. The Bertz CT molecular complexity index is 1240. The van der Waals surface area contributed by atoms with Crippen LogP contribution in [0.1, 0.15) is 116 Å². The van der Waals surface area contributed by atoms with Gasteiger partial charge in [-0.25, -0.2) is 0 Å². The molecule has 1 unspecified atom stereocenters. The summed E-state index contributed by atoms with van der Waals surface area (Å²) in [6, 6.07) is 20.3. The van der Waals surface area contributed by atoms with Gasteiger partial charge in [-0.05, 0) is 49.9 Å². The Morgan fingerprint density at radius 2 is 1.24 bits per heavy atom. The molecule has 0 radical (unpaired) electrons. The summed E-state index contributed by atoms with van der Waals surface area (Å²) in [5.74, 6) is 0.569. The second-order valence-corrected chi connectivity index (χ2v) is 13.0. The molecule has 254 valence electrons. The molecule has 0 fully saturated rings. The zero-order valence-corrected chi connectivity index (χ0v) is 29.8. The standard InChI is InChI=1S/C39H61ClN6/c1-5-8-10-11-12-13-14-15-16-23-29-42-38-36(44-33-25-19-17-20-26-33)31(4)39(46(40)45-34-27-21-18-22-28-34)35(41)37(38)43-30-32(7-3)24-9-6-2/h17-22,25-28,32,42-45H,5-16,23-24,29-30,41H2,1-4H3. The van der Waals surface area contributed by atoms with Crippen LogP contribution in [0.3, 0.4) is 0 Å². The van der Waals surface area contributed by atoms with Crippen LogP contribution in [0.2, 0.25) is 0 Å². The second kappa shape index (κ2) is 21.5. The number of nitrogens with two attached hydrogens (primary N) is 1. The maximum Gasteiger partial charge on any atom is 0.106 e. The van der Waals surface area contributed by atoms with E-state index in [1.54, 1.807) is 0 Å². The van der Waals surface area contributed by atoms with Crippen molar-refractivity contribution in [1.29, 1.82) is 0 Å². The van der Waals surface area contributed by atoms with Crippen molar-refractivity contribution < 1.29 is 0 Å². The summed E-state index contributed by atoms with van der Waals surface area (Å²) in [4.78, 5) is 0. The number of nitrogens with one attached hydrogen (secondary N) is 4. The van der Waals surface area contributed by atoms with Crippen LogP contribution in [0.5, 0.6) is 0 Å². The summed E-state index contributed by atoms with van der Waals surface area (Å²) in [7, 11) is 0. The summed E-state index contributed by atoms with van der Waals surface area (Å²) in [5.41, 5.74) is 17.5. The molecule has 0 saturated carbocycles. The third-order valence-electron chi connectivity index (χ3n) is 8.94. The number of unbranched alkanes of at least 4 members (excludes halogenated alkanes) is 10. The predicted molar refractivity (Wildman–Crippen MR) is 206 cm³/mol. The molecule has 3 rings (SSSR count). The van der Waals surface area contributed by atoms with E-state index in [2.05, 4.69) is 73.3 Å². The monoisotopic (exact) mass is 648 g/mol. The smallest absolute Gasteiger partial charge is 0.106 e. The number of rotatable bonds is 24. The molecule has 0 heterocycles. The summed E-state index contributed by atoms with van der Waals surface area (Å²) < 4.78 is 1.53. The van der Waals surface area contributed by atoms with E-state index in [0.29, 0.717) is 11.6 Å². The summed E-state index contributed by atoms with van der Waals surface area (Å²) in [5, 5.41) is 11.3. The van der Waals surface area contributed by atoms with Crippen LogP contribution in [-0.2, 0) is 0 Å². The minimum atomic E-state index is 0.569. The number of anilines is 7. The molecule has 3 aromatic rings. The molecule has 0 bridgehead atoms. The zero-order valence-electron chi connectivity index (χ0n) is 29.1. The fraction of sp³-hybridized carbons (Fsp3) is 0.538. The average Bonchev–Trinajstić information content (AvgIpc) is 3.07. The van der Waals surface area contributed by atoms with Crippen molar-refractivity contribution in [3.63, 3.8) is 0 Å². The van der Waals surface area contributed by atoms with Crippen LogP contribution in [-0.4, -0.2) is 13.1 Å². The van der Waals surface area contributed by atoms with E-state index >= 15 is 0 Å². The molecule has 0 aromatic heterocycles. The van der Waals surface area contributed by atoms with Crippen LogP contribution >= 0.6 is 11.8 Å². The SMILES string of the molecule is CCCCCCCCCCCCNc1c(Nc2ccccc2)c(C)c(N(Cl)Nc2ccccc2)c(N)c1NCC(CC)CCCC. The average molecular weight is 649 g/mol. The molecule has 6 N–H and O–H groups in total. The number of para-hydroxylation sites is 2. The van der Waals surface area contributed by atoms with E-state index in [9.17, 15) is 0 Å². The molecular formula is C39H61ClN6. The van der Waals surface area contributed by atoms with Gasteiger partial charge in [-0.1, -0.05) is 134 Å². The highest BCUT2D eigenvalue weighted by molar-refractivity contribution is 6.28. The zero-order chi connectivity index (χ0) is 33.0. The van der Waals surface area contributed by atoms with Crippen molar-refractivity contribution >= 4 is 51.6 Å². The van der Waals surface area contributed by atoms with E-state index in [1.807, 2.05) is 36.4 Å². The summed E-state index contributed by atoms with van der Waals surface area (Å²) in [6.45, 7) is 10.6.